The molecular weight excluding hydrogens is 226 g/mol. The van der Waals surface area contributed by atoms with Crippen molar-refractivity contribution in [3.63, 3.8) is 0 Å². The molecule has 0 aliphatic carbocycles. The molecule has 18 heavy (non-hydrogen) atoms. The Labute approximate surface area is 109 Å². The van der Waals surface area contributed by atoms with Gasteiger partial charge in [-0.15, -0.1) is 0 Å². The van der Waals surface area contributed by atoms with Crippen LogP contribution in [0.25, 0.3) is 0 Å². The third-order valence-corrected chi connectivity index (χ3v) is 3.24. The van der Waals surface area contributed by atoms with Crippen LogP contribution >= 0.6 is 0 Å². The number of nitrogens with zero attached hydrogens (tertiary/aromatic N) is 2. The highest BCUT2D eigenvalue weighted by Crippen LogP contribution is 2.12. The van der Waals surface area contributed by atoms with Crippen molar-refractivity contribution in [2.45, 2.75) is 26.2 Å². The predicted molar refractivity (Wildman–Crippen MR) is 74.9 cm³/mol. The van der Waals surface area contributed by atoms with Crippen LogP contribution in [0.2, 0.25) is 0 Å². The van der Waals surface area contributed by atoms with E-state index in [9.17, 15) is 0 Å². The summed E-state index contributed by atoms with van der Waals surface area (Å²) in [6, 6.07) is 1.98. The van der Waals surface area contributed by atoms with E-state index in [0.717, 1.165) is 43.7 Å². The van der Waals surface area contributed by atoms with Gasteiger partial charge in [0.15, 0.2) is 0 Å². The third kappa shape index (κ3) is 4.14. The first-order valence-corrected chi connectivity index (χ1v) is 6.89. The van der Waals surface area contributed by atoms with E-state index in [2.05, 4.69) is 32.8 Å². The fourth-order valence-corrected chi connectivity index (χ4v) is 2.08. The van der Waals surface area contributed by atoms with Crippen molar-refractivity contribution in [3.8, 4) is 0 Å². The Morgan fingerprint density at radius 1 is 1.33 bits per heavy atom. The van der Waals surface area contributed by atoms with Gasteiger partial charge in [-0.3, -0.25) is 0 Å². The number of anilines is 2. The van der Waals surface area contributed by atoms with Crippen LogP contribution in [-0.2, 0) is 0 Å². The Bertz CT molecular complexity index is 349. The average molecular weight is 249 g/mol. The van der Waals surface area contributed by atoms with Crippen LogP contribution in [0.15, 0.2) is 12.4 Å². The van der Waals surface area contributed by atoms with Gasteiger partial charge in [0.05, 0.1) is 0 Å². The number of nitrogens with one attached hydrogen (secondary N) is 3. The molecule has 1 aliphatic rings. The topological polar surface area (TPSA) is 61.9 Å². The summed E-state index contributed by atoms with van der Waals surface area (Å²) in [6.07, 6.45) is 5.22. The Morgan fingerprint density at radius 2 is 2.17 bits per heavy atom. The second kappa shape index (κ2) is 7.16. The zero-order valence-corrected chi connectivity index (χ0v) is 11.1. The molecule has 5 heteroatoms. The molecule has 2 heterocycles. The standard InChI is InChI=1S/C13H23N5/c1-2-3-5-15-12-7-13(18-10-17-12)16-9-11-4-6-14-8-11/h7,10-11,14H,2-6,8-9H2,1H3,(H2,15,16,17,18). The summed E-state index contributed by atoms with van der Waals surface area (Å²) >= 11 is 0. The van der Waals surface area contributed by atoms with Gasteiger partial charge in [-0.25, -0.2) is 9.97 Å². The molecule has 1 saturated heterocycles. The first-order valence-electron chi connectivity index (χ1n) is 6.89. The fraction of sp³-hybridized carbons (Fsp3) is 0.692. The quantitative estimate of drug-likeness (QED) is 0.642. The first-order chi connectivity index (χ1) is 8.88. The van der Waals surface area contributed by atoms with E-state index in [1.54, 1.807) is 6.33 Å². The Balaban J connectivity index is 1.78. The molecule has 1 unspecified atom stereocenters. The lowest BCUT2D eigenvalue weighted by Crippen LogP contribution is -2.17. The SMILES string of the molecule is CCCCNc1cc(NCC2CCNC2)ncn1. The largest absolute Gasteiger partial charge is 0.370 e. The second-order valence-electron chi connectivity index (χ2n) is 4.81. The van der Waals surface area contributed by atoms with Crippen LogP contribution in [0.4, 0.5) is 11.6 Å². The van der Waals surface area contributed by atoms with Crippen LogP contribution in [0.5, 0.6) is 0 Å². The van der Waals surface area contributed by atoms with Gasteiger partial charge in [0, 0.05) is 19.2 Å². The number of hydrogen-bond donors (Lipinski definition) is 3. The summed E-state index contributed by atoms with van der Waals surface area (Å²) in [5.41, 5.74) is 0. The molecule has 2 rings (SSSR count). The van der Waals surface area contributed by atoms with Crippen LogP contribution in [0, 0.1) is 5.92 Å². The first kappa shape index (κ1) is 13.1. The molecule has 1 atom stereocenters. The highest BCUT2D eigenvalue weighted by molar-refractivity contribution is 5.46. The van der Waals surface area contributed by atoms with E-state index < -0.39 is 0 Å². The van der Waals surface area contributed by atoms with Gasteiger partial charge in [0.2, 0.25) is 0 Å². The fourth-order valence-electron chi connectivity index (χ4n) is 2.08. The van der Waals surface area contributed by atoms with Crippen molar-refractivity contribution < 1.29 is 0 Å². The molecule has 1 fully saturated rings. The molecule has 1 aromatic rings. The summed E-state index contributed by atoms with van der Waals surface area (Å²) in [4.78, 5) is 8.46. The molecule has 0 radical (unpaired) electrons. The molecule has 0 bridgehead atoms. The maximum atomic E-state index is 4.25. The van der Waals surface area contributed by atoms with Crippen molar-refractivity contribution in [2.24, 2.45) is 5.92 Å². The van der Waals surface area contributed by atoms with Crippen molar-refractivity contribution >= 4 is 11.6 Å². The monoisotopic (exact) mass is 249 g/mol. The maximum absolute atomic E-state index is 4.25. The molecule has 0 saturated carbocycles. The maximum Gasteiger partial charge on any atom is 0.131 e. The number of aromatic nitrogens is 2. The Kier molecular flexibility index (Phi) is 5.20. The van der Waals surface area contributed by atoms with Gasteiger partial charge in [-0.1, -0.05) is 13.3 Å². The Morgan fingerprint density at radius 3 is 2.89 bits per heavy atom. The van der Waals surface area contributed by atoms with E-state index in [0.29, 0.717) is 0 Å². The second-order valence-corrected chi connectivity index (χ2v) is 4.81. The van der Waals surface area contributed by atoms with E-state index in [1.807, 2.05) is 6.07 Å². The summed E-state index contributed by atoms with van der Waals surface area (Å²) in [5.74, 6) is 2.54. The van der Waals surface area contributed by atoms with E-state index in [-0.39, 0.29) is 0 Å². The zero-order chi connectivity index (χ0) is 12.6. The number of unbranched alkanes of at least 4 members (excludes halogenated alkanes) is 1. The molecule has 3 N–H and O–H groups in total. The van der Waals surface area contributed by atoms with Gasteiger partial charge in [0.25, 0.3) is 0 Å². The van der Waals surface area contributed by atoms with Gasteiger partial charge < -0.3 is 16.0 Å². The van der Waals surface area contributed by atoms with Crippen LogP contribution in [0.1, 0.15) is 26.2 Å². The summed E-state index contributed by atoms with van der Waals surface area (Å²) < 4.78 is 0. The lowest BCUT2D eigenvalue weighted by Gasteiger charge is -2.11. The molecule has 0 spiro atoms. The van der Waals surface area contributed by atoms with Crippen molar-refractivity contribution in [3.05, 3.63) is 12.4 Å². The summed E-state index contributed by atoms with van der Waals surface area (Å²) in [7, 11) is 0. The van der Waals surface area contributed by atoms with Gasteiger partial charge in [0.1, 0.15) is 18.0 Å². The lowest BCUT2D eigenvalue weighted by molar-refractivity contribution is 0.614. The number of rotatable bonds is 7. The number of hydrogen-bond acceptors (Lipinski definition) is 5. The molecule has 100 valence electrons. The normalized spacial score (nSPS) is 18.8. The van der Waals surface area contributed by atoms with Gasteiger partial charge in [-0.2, -0.15) is 0 Å². The minimum Gasteiger partial charge on any atom is -0.370 e. The van der Waals surface area contributed by atoms with Gasteiger partial charge >= 0.3 is 0 Å². The third-order valence-electron chi connectivity index (χ3n) is 3.24. The van der Waals surface area contributed by atoms with Gasteiger partial charge in [-0.05, 0) is 31.8 Å². The molecular formula is C13H23N5. The van der Waals surface area contributed by atoms with Crippen LogP contribution < -0.4 is 16.0 Å². The minimum absolute atomic E-state index is 0.719. The van der Waals surface area contributed by atoms with Crippen LogP contribution in [-0.4, -0.2) is 36.1 Å². The van der Waals surface area contributed by atoms with Crippen molar-refractivity contribution in [1.29, 1.82) is 0 Å². The van der Waals surface area contributed by atoms with E-state index in [4.69, 9.17) is 0 Å². The highest BCUT2D eigenvalue weighted by Gasteiger charge is 2.13. The Hall–Kier alpha value is -1.36. The molecule has 1 aromatic heterocycles. The lowest BCUT2D eigenvalue weighted by atomic mass is 10.1. The summed E-state index contributed by atoms with van der Waals surface area (Å²) in [6.45, 7) is 6.39. The molecule has 0 aromatic carbocycles. The van der Waals surface area contributed by atoms with Crippen molar-refractivity contribution in [1.82, 2.24) is 15.3 Å². The minimum atomic E-state index is 0.719. The van der Waals surface area contributed by atoms with E-state index in [1.165, 1.54) is 19.3 Å². The highest BCUT2D eigenvalue weighted by atomic mass is 15.1. The smallest absolute Gasteiger partial charge is 0.131 e. The molecule has 5 nitrogen and oxygen atoms in total. The zero-order valence-electron chi connectivity index (χ0n) is 11.1. The average Bonchev–Trinajstić information content (AvgIpc) is 2.90. The van der Waals surface area contributed by atoms with Crippen LogP contribution in [0.3, 0.4) is 0 Å². The van der Waals surface area contributed by atoms with Crippen molar-refractivity contribution in [2.75, 3.05) is 36.8 Å². The molecule has 0 amide bonds. The predicted octanol–water partition coefficient (Wildman–Crippen LogP) is 1.71. The molecule has 1 aliphatic heterocycles. The summed E-state index contributed by atoms with van der Waals surface area (Å²) in [5, 5.41) is 10.1. The van der Waals surface area contributed by atoms with E-state index >= 15 is 0 Å².